The van der Waals surface area contributed by atoms with Crippen LogP contribution < -0.4 is 5.32 Å². The zero-order valence-electron chi connectivity index (χ0n) is 11.2. The molecule has 2 rings (SSSR count). The number of nitrogens with zero attached hydrogens (tertiary/aromatic N) is 1. The molecule has 0 spiro atoms. The van der Waals surface area contributed by atoms with Crippen molar-refractivity contribution in [3.05, 3.63) is 57.8 Å². The van der Waals surface area contributed by atoms with Gasteiger partial charge in [-0.05, 0) is 42.8 Å². The molecule has 1 heterocycles. The summed E-state index contributed by atoms with van der Waals surface area (Å²) in [5, 5.41) is 4.51. The minimum Gasteiger partial charge on any atom is -0.350 e. The second-order valence-electron chi connectivity index (χ2n) is 4.62. The summed E-state index contributed by atoms with van der Waals surface area (Å²) in [7, 11) is 1.99. The number of aromatic nitrogens is 1. The standard InChI is InChI=1S/C15H18Cl2N2/c1-3-15(18-2)12-6-7-19(10-12)9-11-4-5-13(16)14(17)8-11/h4-8,10,15,18H,3,9H2,1-2H3. The number of benzene rings is 1. The van der Waals surface area contributed by atoms with Crippen molar-refractivity contribution in [2.75, 3.05) is 7.05 Å². The molecule has 0 aliphatic heterocycles. The molecule has 0 bridgehead atoms. The predicted molar refractivity (Wildman–Crippen MR) is 82.1 cm³/mol. The van der Waals surface area contributed by atoms with Gasteiger partial charge in [0.15, 0.2) is 0 Å². The highest BCUT2D eigenvalue weighted by Gasteiger charge is 2.08. The Hall–Kier alpha value is -0.960. The molecule has 19 heavy (non-hydrogen) atoms. The quantitative estimate of drug-likeness (QED) is 0.859. The first-order valence-electron chi connectivity index (χ1n) is 6.41. The van der Waals surface area contributed by atoms with Crippen LogP contribution in [0.2, 0.25) is 10.0 Å². The van der Waals surface area contributed by atoms with E-state index in [0.29, 0.717) is 16.1 Å². The van der Waals surface area contributed by atoms with Crippen LogP contribution in [0, 0.1) is 0 Å². The van der Waals surface area contributed by atoms with Crippen LogP contribution in [0.5, 0.6) is 0 Å². The van der Waals surface area contributed by atoms with Crippen LogP contribution in [0.4, 0.5) is 0 Å². The average Bonchev–Trinajstić information content (AvgIpc) is 2.84. The van der Waals surface area contributed by atoms with Crippen molar-refractivity contribution in [2.45, 2.75) is 25.9 Å². The first-order chi connectivity index (χ1) is 9.13. The van der Waals surface area contributed by atoms with Gasteiger partial charge in [0.05, 0.1) is 10.0 Å². The van der Waals surface area contributed by atoms with Crippen molar-refractivity contribution in [1.82, 2.24) is 9.88 Å². The van der Waals surface area contributed by atoms with Crippen molar-refractivity contribution in [3.63, 3.8) is 0 Å². The zero-order valence-corrected chi connectivity index (χ0v) is 12.7. The summed E-state index contributed by atoms with van der Waals surface area (Å²) in [6, 6.07) is 8.33. The summed E-state index contributed by atoms with van der Waals surface area (Å²) in [6.07, 6.45) is 5.35. The first kappa shape index (κ1) is 14.4. The minimum atomic E-state index is 0.412. The maximum atomic E-state index is 6.03. The maximum absolute atomic E-state index is 6.03. The highest BCUT2D eigenvalue weighted by molar-refractivity contribution is 6.42. The molecule has 0 aliphatic rings. The Balaban J connectivity index is 2.13. The molecule has 1 aromatic heterocycles. The lowest BCUT2D eigenvalue weighted by Gasteiger charge is -2.11. The molecule has 1 unspecified atom stereocenters. The molecule has 1 N–H and O–H groups in total. The van der Waals surface area contributed by atoms with Gasteiger partial charge in [0, 0.05) is 25.0 Å². The van der Waals surface area contributed by atoms with Crippen molar-refractivity contribution in [3.8, 4) is 0 Å². The summed E-state index contributed by atoms with van der Waals surface area (Å²) in [6.45, 7) is 2.98. The molecule has 1 atom stereocenters. The molecule has 1 aromatic carbocycles. The summed E-state index contributed by atoms with van der Waals surface area (Å²) in [5.74, 6) is 0. The van der Waals surface area contributed by atoms with Crippen LogP contribution >= 0.6 is 23.2 Å². The van der Waals surface area contributed by atoms with Gasteiger partial charge >= 0.3 is 0 Å². The summed E-state index contributed by atoms with van der Waals surface area (Å²) in [5.41, 5.74) is 2.46. The van der Waals surface area contributed by atoms with E-state index in [0.717, 1.165) is 18.5 Å². The van der Waals surface area contributed by atoms with E-state index >= 15 is 0 Å². The second-order valence-corrected chi connectivity index (χ2v) is 5.43. The second kappa shape index (κ2) is 6.47. The molecule has 2 aromatic rings. The Morgan fingerprint density at radius 2 is 2.00 bits per heavy atom. The Morgan fingerprint density at radius 1 is 1.21 bits per heavy atom. The molecule has 4 heteroatoms. The zero-order chi connectivity index (χ0) is 13.8. The number of hydrogen-bond acceptors (Lipinski definition) is 1. The molecule has 0 amide bonds. The van der Waals surface area contributed by atoms with Gasteiger partial charge in [-0.3, -0.25) is 0 Å². The minimum absolute atomic E-state index is 0.412. The van der Waals surface area contributed by atoms with Crippen molar-refractivity contribution >= 4 is 23.2 Å². The van der Waals surface area contributed by atoms with Gasteiger partial charge in [0.25, 0.3) is 0 Å². The van der Waals surface area contributed by atoms with E-state index in [1.54, 1.807) is 0 Å². The largest absolute Gasteiger partial charge is 0.350 e. The molecular formula is C15H18Cl2N2. The van der Waals surface area contributed by atoms with Crippen LogP contribution in [0.15, 0.2) is 36.7 Å². The third kappa shape index (κ3) is 3.53. The predicted octanol–water partition coefficient (Wildman–Crippen LogP) is 4.51. The van der Waals surface area contributed by atoms with Crippen LogP contribution in [0.3, 0.4) is 0 Å². The molecule has 0 aliphatic carbocycles. The fourth-order valence-electron chi connectivity index (χ4n) is 2.22. The molecule has 0 radical (unpaired) electrons. The molecule has 2 nitrogen and oxygen atoms in total. The molecule has 0 saturated carbocycles. The number of rotatable bonds is 5. The lowest BCUT2D eigenvalue weighted by atomic mass is 10.1. The van der Waals surface area contributed by atoms with E-state index in [9.17, 15) is 0 Å². The van der Waals surface area contributed by atoms with Crippen LogP contribution in [0.25, 0.3) is 0 Å². The average molecular weight is 297 g/mol. The Labute approximate surface area is 124 Å². The van der Waals surface area contributed by atoms with Crippen molar-refractivity contribution < 1.29 is 0 Å². The Bertz CT molecular complexity index is 545. The van der Waals surface area contributed by atoms with E-state index in [2.05, 4.69) is 35.3 Å². The molecule has 102 valence electrons. The van der Waals surface area contributed by atoms with Gasteiger partial charge in [0.1, 0.15) is 0 Å². The topological polar surface area (TPSA) is 17.0 Å². The third-order valence-corrected chi connectivity index (χ3v) is 4.02. The van der Waals surface area contributed by atoms with Crippen LogP contribution in [0.1, 0.15) is 30.5 Å². The fourth-order valence-corrected chi connectivity index (χ4v) is 2.54. The van der Waals surface area contributed by atoms with Crippen LogP contribution in [-0.4, -0.2) is 11.6 Å². The number of hydrogen-bond donors (Lipinski definition) is 1. The maximum Gasteiger partial charge on any atom is 0.0595 e. The highest BCUT2D eigenvalue weighted by Crippen LogP contribution is 2.23. The monoisotopic (exact) mass is 296 g/mol. The lowest BCUT2D eigenvalue weighted by Crippen LogP contribution is -2.14. The van der Waals surface area contributed by atoms with Gasteiger partial charge in [-0.1, -0.05) is 36.2 Å². The SMILES string of the molecule is CCC(NC)c1ccn(Cc2ccc(Cl)c(Cl)c2)c1. The first-order valence-corrected chi connectivity index (χ1v) is 7.16. The van der Waals surface area contributed by atoms with Crippen molar-refractivity contribution in [2.24, 2.45) is 0 Å². The molecule has 0 fully saturated rings. The van der Waals surface area contributed by atoms with Gasteiger partial charge in [-0.2, -0.15) is 0 Å². The number of halogens is 2. The summed E-state index contributed by atoms with van der Waals surface area (Å²) in [4.78, 5) is 0. The van der Waals surface area contributed by atoms with E-state index < -0.39 is 0 Å². The summed E-state index contributed by atoms with van der Waals surface area (Å²) >= 11 is 11.9. The third-order valence-electron chi connectivity index (χ3n) is 3.28. The Kier molecular flexibility index (Phi) is 4.92. The molecule has 0 saturated heterocycles. The van der Waals surface area contributed by atoms with E-state index in [-0.39, 0.29) is 0 Å². The lowest BCUT2D eigenvalue weighted by molar-refractivity contribution is 0.575. The fraction of sp³-hybridized carbons (Fsp3) is 0.333. The highest BCUT2D eigenvalue weighted by atomic mass is 35.5. The van der Waals surface area contributed by atoms with Gasteiger partial charge < -0.3 is 9.88 Å². The number of nitrogens with one attached hydrogen (secondary N) is 1. The van der Waals surface area contributed by atoms with E-state index in [4.69, 9.17) is 23.2 Å². The van der Waals surface area contributed by atoms with E-state index in [1.165, 1.54) is 5.56 Å². The molecular weight excluding hydrogens is 279 g/mol. The van der Waals surface area contributed by atoms with Crippen molar-refractivity contribution in [1.29, 1.82) is 0 Å². The Morgan fingerprint density at radius 3 is 2.63 bits per heavy atom. The van der Waals surface area contributed by atoms with E-state index in [1.807, 2.05) is 25.2 Å². The normalized spacial score (nSPS) is 12.6. The smallest absolute Gasteiger partial charge is 0.0595 e. The van der Waals surface area contributed by atoms with Gasteiger partial charge in [-0.15, -0.1) is 0 Å². The van der Waals surface area contributed by atoms with Gasteiger partial charge in [-0.25, -0.2) is 0 Å². The summed E-state index contributed by atoms with van der Waals surface area (Å²) < 4.78 is 2.16. The van der Waals surface area contributed by atoms with Gasteiger partial charge in [0.2, 0.25) is 0 Å². The van der Waals surface area contributed by atoms with Crippen LogP contribution in [-0.2, 0) is 6.54 Å².